The number of hydrogen-bond donors (Lipinski definition) is 0. The molecule has 2 aliphatic heterocycles. The average molecular weight is 374 g/mol. The van der Waals surface area contributed by atoms with Gasteiger partial charge in [0.2, 0.25) is 0 Å². The maximum absolute atomic E-state index is 5.44. The van der Waals surface area contributed by atoms with E-state index >= 15 is 0 Å². The second-order valence-corrected chi connectivity index (χ2v) is 7.68. The van der Waals surface area contributed by atoms with Gasteiger partial charge in [-0.2, -0.15) is 5.10 Å². The molecule has 0 N–H and O–H groups in total. The number of aryl methyl sites for hydroxylation is 1. The van der Waals surface area contributed by atoms with Crippen molar-refractivity contribution < 1.29 is 4.74 Å². The molecule has 0 saturated carbocycles. The summed E-state index contributed by atoms with van der Waals surface area (Å²) in [5.74, 6) is 2.71. The van der Waals surface area contributed by atoms with Crippen LogP contribution in [0.4, 0.5) is 0 Å². The molecule has 2 aromatic heterocycles. The van der Waals surface area contributed by atoms with Crippen LogP contribution in [0.2, 0.25) is 0 Å². The molecule has 2 aliphatic rings. The molecule has 0 amide bonds. The molecule has 0 unspecified atom stereocenters. The molecular weight excluding hydrogens is 342 g/mol. The summed E-state index contributed by atoms with van der Waals surface area (Å²) in [7, 11) is 2.13. The number of piperidine rings is 1. The molecule has 2 saturated heterocycles. The van der Waals surface area contributed by atoms with E-state index in [-0.39, 0.29) is 0 Å². The molecule has 4 rings (SSSR count). The van der Waals surface area contributed by atoms with E-state index in [2.05, 4.69) is 36.7 Å². The van der Waals surface area contributed by atoms with E-state index in [1.165, 1.54) is 19.4 Å². The molecule has 0 aromatic carbocycles. The Morgan fingerprint density at radius 1 is 1.11 bits per heavy atom. The summed E-state index contributed by atoms with van der Waals surface area (Å²) in [6.45, 7) is 8.85. The minimum absolute atomic E-state index is 0.486. The van der Waals surface area contributed by atoms with Gasteiger partial charge in [0.1, 0.15) is 11.6 Å². The highest BCUT2D eigenvalue weighted by molar-refractivity contribution is 5.04. The van der Waals surface area contributed by atoms with Gasteiger partial charge >= 0.3 is 0 Å². The number of rotatable bonds is 7. The van der Waals surface area contributed by atoms with Crippen molar-refractivity contribution in [1.82, 2.24) is 34.3 Å². The number of hydrogen-bond acceptors (Lipinski definition) is 6. The fraction of sp³-hybridized carbons (Fsp3) is 0.737. The summed E-state index contributed by atoms with van der Waals surface area (Å²) in [6.07, 6.45) is 7.46. The standard InChI is InChI=1S/C19H31N7O/c1-23-18(16-25-11-13-27-14-12-25)21-22-19(23)17-5-2-7-24(15-17)8-4-10-26-9-3-6-20-26/h3,6,9,17H,2,4-5,7-8,10-16H2,1H3/t17-/m0/s1. The third-order valence-electron chi connectivity index (χ3n) is 5.76. The second-order valence-electron chi connectivity index (χ2n) is 7.68. The van der Waals surface area contributed by atoms with Crippen LogP contribution in [0.15, 0.2) is 18.5 Å². The third-order valence-corrected chi connectivity index (χ3v) is 5.76. The highest BCUT2D eigenvalue weighted by Crippen LogP contribution is 2.26. The first-order chi connectivity index (χ1) is 13.3. The lowest BCUT2D eigenvalue weighted by atomic mass is 9.97. The molecular formula is C19H31N7O. The van der Waals surface area contributed by atoms with Gasteiger partial charge in [0.25, 0.3) is 0 Å². The quantitative estimate of drug-likeness (QED) is 0.725. The summed E-state index contributed by atoms with van der Waals surface area (Å²) in [6, 6.07) is 1.99. The molecule has 148 valence electrons. The van der Waals surface area contributed by atoms with Crippen LogP contribution in [0, 0.1) is 0 Å². The molecule has 8 nitrogen and oxygen atoms in total. The van der Waals surface area contributed by atoms with Crippen molar-refractivity contribution in [2.24, 2.45) is 7.05 Å². The zero-order valence-electron chi connectivity index (χ0n) is 16.3. The maximum atomic E-state index is 5.44. The molecule has 0 radical (unpaired) electrons. The molecule has 4 heterocycles. The Morgan fingerprint density at radius 2 is 2.00 bits per heavy atom. The number of ether oxygens (including phenoxy) is 1. The predicted molar refractivity (Wildman–Crippen MR) is 102 cm³/mol. The maximum Gasteiger partial charge on any atom is 0.146 e. The first kappa shape index (κ1) is 18.6. The zero-order valence-corrected chi connectivity index (χ0v) is 16.3. The van der Waals surface area contributed by atoms with E-state index in [1.54, 1.807) is 0 Å². The zero-order chi connectivity index (χ0) is 18.5. The van der Waals surface area contributed by atoms with Crippen LogP contribution in [0.25, 0.3) is 0 Å². The van der Waals surface area contributed by atoms with Gasteiger partial charge in [0, 0.05) is 51.5 Å². The smallest absolute Gasteiger partial charge is 0.146 e. The van der Waals surface area contributed by atoms with Crippen molar-refractivity contribution >= 4 is 0 Å². The SMILES string of the molecule is Cn1c(CN2CCOCC2)nnc1[C@H]1CCCN(CCCn2cccn2)C1. The van der Waals surface area contributed by atoms with E-state index in [4.69, 9.17) is 4.74 Å². The van der Waals surface area contributed by atoms with Crippen molar-refractivity contribution in [2.75, 3.05) is 45.9 Å². The Kier molecular flexibility index (Phi) is 6.16. The summed E-state index contributed by atoms with van der Waals surface area (Å²) in [4.78, 5) is 4.98. The van der Waals surface area contributed by atoms with Gasteiger partial charge in [0.05, 0.1) is 19.8 Å². The van der Waals surface area contributed by atoms with Gasteiger partial charge < -0.3 is 14.2 Å². The molecule has 1 atom stereocenters. The minimum Gasteiger partial charge on any atom is -0.379 e. The Labute approximate surface area is 161 Å². The van der Waals surface area contributed by atoms with Crippen LogP contribution in [-0.4, -0.2) is 80.3 Å². The minimum atomic E-state index is 0.486. The van der Waals surface area contributed by atoms with E-state index < -0.39 is 0 Å². The first-order valence-corrected chi connectivity index (χ1v) is 10.2. The average Bonchev–Trinajstić information content (AvgIpc) is 3.34. The van der Waals surface area contributed by atoms with Crippen molar-refractivity contribution in [1.29, 1.82) is 0 Å². The highest BCUT2D eigenvalue weighted by atomic mass is 16.5. The molecule has 0 spiro atoms. The fourth-order valence-electron chi connectivity index (χ4n) is 4.19. The van der Waals surface area contributed by atoms with E-state index in [9.17, 15) is 0 Å². The number of nitrogens with zero attached hydrogens (tertiary/aromatic N) is 7. The summed E-state index contributed by atoms with van der Waals surface area (Å²) < 4.78 is 9.69. The molecule has 2 fully saturated rings. The predicted octanol–water partition coefficient (Wildman–Crippen LogP) is 1.11. The van der Waals surface area contributed by atoms with E-state index in [0.717, 1.165) is 70.6 Å². The van der Waals surface area contributed by atoms with Crippen molar-refractivity contribution in [3.05, 3.63) is 30.1 Å². The van der Waals surface area contributed by atoms with Crippen molar-refractivity contribution in [3.8, 4) is 0 Å². The third kappa shape index (κ3) is 4.75. The Morgan fingerprint density at radius 3 is 2.81 bits per heavy atom. The summed E-state index contributed by atoms with van der Waals surface area (Å²) in [5, 5.41) is 13.4. The topological polar surface area (TPSA) is 64.2 Å². The van der Waals surface area contributed by atoms with Gasteiger partial charge in [-0.05, 0) is 38.4 Å². The molecule has 0 bridgehead atoms. The lowest BCUT2D eigenvalue weighted by Crippen LogP contribution is -2.37. The van der Waals surface area contributed by atoms with Gasteiger partial charge in [-0.15, -0.1) is 10.2 Å². The molecule has 8 heteroatoms. The van der Waals surface area contributed by atoms with Crippen LogP contribution in [0.5, 0.6) is 0 Å². The first-order valence-electron chi connectivity index (χ1n) is 10.2. The van der Waals surface area contributed by atoms with E-state index in [1.807, 2.05) is 23.1 Å². The Bertz CT molecular complexity index is 693. The lowest BCUT2D eigenvalue weighted by Gasteiger charge is -2.32. The monoisotopic (exact) mass is 373 g/mol. The molecule has 2 aromatic rings. The van der Waals surface area contributed by atoms with Gasteiger partial charge in [0.15, 0.2) is 0 Å². The van der Waals surface area contributed by atoms with Crippen LogP contribution < -0.4 is 0 Å². The Hall–Kier alpha value is -1.77. The Balaban J connectivity index is 1.31. The number of aromatic nitrogens is 5. The second kappa shape index (κ2) is 8.95. The molecule has 27 heavy (non-hydrogen) atoms. The largest absolute Gasteiger partial charge is 0.379 e. The number of morpholine rings is 1. The van der Waals surface area contributed by atoms with Crippen molar-refractivity contribution in [2.45, 2.75) is 38.3 Å². The summed E-state index contributed by atoms with van der Waals surface area (Å²) >= 11 is 0. The van der Waals surface area contributed by atoms with Crippen molar-refractivity contribution in [3.63, 3.8) is 0 Å². The normalized spacial score (nSPS) is 22.3. The number of likely N-dealkylation sites (tertiary alicyclic amines) is 1. The highest BCUT2D eigenvalue weighted by Gasteiger charge is 2.26. The molecule has 0 aliphatic carbocycles. The van der Waals surface area contributed by atoms with Crippen LogP contribution in [0.3, 0.4) is 0 Å². The van der Waals surface area contributed by atoms with Gasteiger partial charge in [-0.25, -0.2) is 0 Å². The van der Waals surface area contributed by atoms with Gasteiger partial charge in [-0.1, -0.05) is 0 Å². The van der Waals surface area contributed by atoms with Crippen LogP contribution in [-0.2, 0) is 24.9 Å². The summed E-state index contributed by atoms with van der Waals surface area (Å²) in [5.41, 5.74) is 0. The fourth-order valence-corrected chi connectivity index (χ4v) is 4.19. The van der Waals surface area contributed by atoms with Gasteiger partial charge in [-0.3, -0.25) is 9.58 Å². The lowest BCUT2D eigenvalue weighted by molar-refractivity contribution is 0.0326. The van der Waals surface area contributed by atoms with Crippen LogP contribution in [0.1, 0.15) is 36.8 Å². The van der Waals surface area contributed by atoms with Crippen LogP contribution >= 0.6 is 0 Å². The van der Waals surface area contributed by atoms with E-state index in [0.29, 0.717) is 5.92 Å².